The Hall–Kier alpha value is -5.66. The molecule has 1 nitrogen and oxygen atoms in total. The minimum absolute atomic E-state index is 0.0972. The summed E-state index contributed by atoms with van der Waals surface area (Å²) in [5.41, 5.74) is 17.3. The van der Waals surface area contributed by atoms with Crippen molar-refractivity contribution < 1.29 is 5.11 Å². The van der Waals surface area contributed by atoms with E-state index in [9.17, 15) is 5.11 Å². The van der Waals surface area contributed by atoms with Gasteiger partial charge in [-0.1, -0.05) is 190 Å². The highest BCUT2D eigenvalue weighted by molar-refractivity contribution is 5.72. The van der Waals surface area contributed by atoms with Gasteiger partial charge in [0.15, 0.2) is 0 Å². The van der Waals surface area contributed by atoms with Crippen molar-refractivity contribution in [3.05, 3.63) is 209 Å². The van der Waals surface area contributed by atoms with Crippen LogP contribution in [0.5, 0.6) is 0 Å². The van der Waals surface area contributed by atoms with Crippen LogP contribution in [-0.2, 0) is 10.8 Å². The summed E-state index contributed by atoms with van der Waals surface area (Å²) in [6.07, 6.45) is 13.4. The molecule has 6 aromatic rings. The highest BCUT2D eigenvalue weighted by Crippen LogP contribution is 2.54. The molecule has 1 heteroatoms. The fourth-order valence-corrected chi connectivity index (χ4v) is 9.79. The number of hydrogen-bond donors (Lipinski definition) is 1. The van der Waals surface area contributed by atoms with Gasteiger partial charge in [-0.3, -0.25) is 0 Å². The third-order valence-electron chi connectivity index (χ3n) is 13.5. The number of benzene rings is 6. The average Bonchev–Trinajstić information content (AvgIpc) is 3.22. The fraction of sp³-hybridized carbons (Fsp3) is 0.236. The van der Waals surface area contributed by atoms with Crippen molar-refractivity contribution in [3.8, 4) is 33.4 Å². The highest BCUT2D eigenvalue weighted by atomic mass is 16.3. The van der Waals surface area contributed by atoms with E-state index in [0.29, 0.717) is 17.8 Å². The van der Waals surface area contributed by atoms with Gasteiger partial charge in [-0.05, 0) is 123 Å². The van der Waals surface area contributed by atoms with E-state index >= 15 is 0 Å². The van der Waals surface area contributed by atoms with Gasteiger partial charge >= 0.3 is 0 Å². The van der Waals surface area contributed by atoms with E-state index in [1.807, 2.05) is 24.3 Å². The van der Waals surface area contributed by atoms with E-state index < -0.39 is 0 Å². The number of hydrogen-bond acceptors (Lipinski definition) is 1. The Morgan fingerprint density at radius 1 is 0.518 bits per heavy atom. The molecule has 0 aromatic heterocycles. The zero-order valence-electron chi connectivity index (χ0n) is 33.0. The molecule has 0 heterocycles. The first-order valence-corrected chi connectivity index (χ1v) is 20.5. The quantitative estimate of drug-likeness (QED) is 0.147. The molecule has 9 rings (SSSR count). The Balaban J connectivity index is 0.762. The zero-order chi connectivity index (χ0) is 38.4. The van der Waals surface area contributed by atoms with Crippen LogP contribution in [-0.4, -0.2) is 5.11 Å². The summed E-state index contributed by atoms with van der Waals surface area (Å²) >= 11 is 0. The average molecular weight is 729 g/mol. The minimum atomic E-state index is 0.0972. The lowest BCUT2D eigenvalue weighted by atomic mass is 9.57. The van der Waals surface area contributed by atoms with Crippen LogP contribution in [0.2, 0.25) is 0 Å². The molecule has 0 aliphatic heterocycles. The van der Waals surface area contributed by atoms with E-state index in [0.717, 1.165) is 23.1 Å². The molecule has 278 valence electrons. The van der Waals surface area contributed by atoms with Crippen LogP contribution in [0.15, 0.2) is 176 Å². The van der Waals surface area contributed by atoms with Gasteiger partial charge in [0.1, 0.15) is 5.76 Å². The number of rotatable bonds is 9. The standard InChI is InChI=1S/C55H52O/c1-37-5-7-40(8-6-37)46-25-29-52(30-26-46)54(3)35-51(36-54)49-23-19-45(20-24-49)47-27-31-53(32-28-47)55(4)33-50(34-55)48-21-17-44(18-22-48)43-15-13-42(14-16-43)41-11-9-39(10-12-41)38(2)56/h5-19,21-32,45,50-51,56H,2,20,33-36H2,1,3-4H3. The molecule has 3 aliphatic rings. The molecular weight excluding hydrogens is 677 g/mol. The van der Waals surface area contributed by atoms with Crippen LogP contribution >= 0.6 is 0 Å². The number of aryl methyl sites for hydroxylation is 1. The summed E-state index contributed by atoms with van der Waals surface area (Å²) in [4.78, 5) is 0. The first kappa shape index (κ1) is 36.0. The van der Waals surface area contributed by atoms with E-state index in [1.165, 1.54) is 75.8 Å². The SMILES string of the molecule is C=C(O)c1ccc(-c2ccc(-c3ccc(C4CC(C)(c5ccc(C6C=CC(C7CC(C)(c8ccc(-c9ccc(C)cc9)cc8)C7)=CC6)cc5)C4)cc3)cc2)cc1. The molecule has 1 N–H and O–H groups in total. The molecule has 56 heavy (non-hydrogen) atoms. The van der Waals surface area contributed by atoms with Crippen LogP contribution in [0.4, 0.5) is 0 Å². The topological polar surface area (TPSA) is 20.2 Å². The maximum Gasteiger partial charge on any atom is 0.115 e. The van der Waals surface area contributed by atoms with Crippen molar-refractivity contribution in [2.75, 3.05) is 0 Å². The molecule has 3 aliphatic carbocycles. The molecule has 2 fully saturated rings. The van der Waals surface area contributed by atoms with Crippen molar-refractivity contribution in [3.63, 3.8) is 0 Å². The Labute approximate surface area is 333 Å². The summed E-state index contributed by atoms with van der Waals surface area (Å²) in [6.45, 7) is 10.7. The lowest BCUT2D eigenvalue weighted by molar-refractivity contribution is 0.194. The first-order chi connectivity index (χ1) is 27.1. The van der Waals surface area contributed by atoms with Crippen molar-refractivity contribution >= 4 is 5.76 Å². The van der Waals surface area contributed by atoms with E-state index in [1.54, 1.807) is 5.57 Å². The molecule has 1 unspecified atom stereocenters. The monoisotopic (exact) mass is 728 g/mol. The minimum Gasteiger partial charge on any atom is -0.508 e. The Morgan fingerprint density at radius 3 is 1.38 bits per heavy atom. The number of aliphatic hydroxyl groups is 1. The lowest BCUT2D eigenvalue weighted by Crippen LogP contribution is -2.39. The molecule has 0 saturated heterocycles. The predicted octanol–water partition coefficient (Wildman–Crippen LogP) is 14.7. The molecule has 6 aromatic carbocycles. The van der Waals surface area contributed by atoms with E-state index in [-0.39, 0.29) is 16.6 Å². The third-order valence-corrected chi connectivity index (χ3v) is 13.5. The molecule has 1 atom stereocenters. The second-order valence-electron chi connectivity index (χ2n) is 17.5. The van der Waals surface area contributed by atoms with Crippen LogP contribution in [0, 0.1) is 12.8 Å². The van der Waals surface area contributed by atoms with Gasteiger partial charge in [0.05, 0.1) is 0 Å². The van der Waals surface area contributed by atoms with Gasteiger partial charge < -0.3 is 5.11 Å². The van der Waals surface area contributed by atoms with Gasteiger partial charge in [-0.2, -0.15) is 0 Å². The predicted molar refractivity (Wildman–Crippen MR) is 236 cm³/mol. The Bertz CT molecular complexity index is 2390. The Morgan fingerprint density at radius 2 is 0.911 bits per heavy atom. The molecular formula is C55H52O. The van der Waals surface area contributed by atoms with Crippen LogP contribution < -0.4 is 0 Å². The fourth-order valence-electron chi connectivity index (χ4n) is 9.79. The molecule has 0 bridgehead atoms. The summed E-state index contributed by atoms with van der Waals surface area (Å²) in [5.74, 6) is 1.82. The Kier molecular flexibility index (Phi) is 9.29. The van der Waals surface area contributed by atoms with Crippen molar-refractivity contribution in [2.45, 2.75) is 75.5 Å². The van der Waals surface area contributed by atoms with Crippen LogP contribution in [0.25, 0.3) is 39.1 Å². The molecule has 0 amide bonds. The first-order valence-electron chi connectivity index (χ1n) is 20.5. The summed E-state index contributed by atoms with van der Waals surface area (Å²) in [7, 11) is 0. The molecule has 0 radical (unpaired) electrons. The second-order valence-corrected chi connectivity index (χ2v) is 17.5. The largest absolute Gasteiger partial charge is 0.508 e. The molecule has 0 spiro atoms. The molecule has 2 saturated carbocycles. The van der Waals surface area contributed by atoms with Gasteiger partial charge in [-0.15, -0.1) is 0 Å². The van der Waals surface area contributed by atoms with Gasteiger partial charge in [0.2, 0.25) is 0 Å². The number of allylic oxidation sites excluding steroid dienone is 4. The van der Waals surface area contributed by atoms with Crippen LogP contribution in [0.1, 0.15) is 91.2 Å². The summed E-state index contributed by atoms with van der Waals surface area (Å²) in [5, 5.41) is 9.63. The van der Waals surface area contributed by atoms with Crippen molar-refractivity contribution in [1.29, 1.82) is 0 Å². The van der Waals surface area contributed by atoms with Gasteiger partial charge in [0.25, 0.3) is 0 Å². The highest BCUT2D eigenvalue weighted by Gasteiger charge is 2.43. The maximum atomic E-state index is 9.63. The summed E-state index contributed by atoms with van der Waals surface area (Å²) in [6, 6.07) is 53.6. The van der Waals surface area contributed by atoms with Crippen LogP contribution in [0.3, 0.4) is 0 Å². The second kappa shape index (κ2) is 14.4. The van der Waals surface area contributed by atoms with Crippen molar-refractivity contribution in [1.82, 2.24) is 0 Å². The maximum absolute atomic E-state index is 9.63. The van der Waals surface area contributed by atoms with E-state index in [4.69, 9.17) is 0 Å². The number of aliphatic hydroxyl groups excluding tert-OH is 1. The summed E-state index contributed by atoms with van der Waals surface area (Å²) < 4.78 is 0. The van der Waals surface area contributed by atoms with E-state index in [2.05, 4.69) is 167 Å². The smallest absolute Gasteiger partial charge is 0.115 e. The zero-order valence-corrected chi connectivity index (χ0v) is 33.0. The van der Waals surface area contributed by atoms with Gasteiger partial charge in [0, 0.05) is 11.5 Å². The van der Waals surface area contributed by atoms with Gasteiger partial charge in [-0.25, -0.2) is 0 Å². The van der Waals surface area contributed by atoms with Crippen molar-refractivity contribution in [2.24, 2.45) is 5.92 Å². The normalized spacial score (nSPS) is 24.1. The lowest BCUT2D eigenvalue weighted by Gasteiger charge is -2.47. The third kappa shape index (κ3) is 7.01.